The van der Waals surface area contributed by atoms with E-state index in [0.29, 0.717) is 9.90 Å². The molecule has 2 rings (SSSR count). The summed E-state index contributed by atoms with van der Waals surface area (Å²) in [5, 5.41) is 4.19. The molecule has 0 aliphatic heterocycles. The maximum atomic E-state index is 12.0. The van der Waals surface area contributed by atoms with E-state index >= 15 is 0 Å². The number of nitrogens with one attached hydrogen (secondary N) is 1. The Morgan fingerprint density at radius 1 is 1.44 bits per heavy atom. The summed E-state index contributed by atoms with van der Waals surface area (Å²) >= 11 is 7.65. The van der Waals surface area contributed by atoms with Crippen LogP contribution in [0.3, 0.4) is 0 Å². The van der Waals surface area contributed by atoms with E-state index in [1.807, 2.05) is 32.0 Å². The third-order valence-electron chi connectivity index (χ3n) is 2.46. The molecule has 2 aromatic rings. The number of benzene rings is 1. The molecule has 18 heavy (non-hydrogen) atoms. The van der Waals surface area contributed by atoms with Gasteiger partial charge in [0.2, 0.25) is 0 Å². The quantitative estimate of drug-likeness (QED) is 0.933. The number of rotatable bonds is 3. The topological polar surface area (TPSA) is 38.3 Å². The average molecular weight is 284 g/mol. The van der Waals surface area contributed by atoms with Gasteiger partial charge >= 0.3 is 0 Å². The van der Waals surface area contributed by atoms with Crippen LogP contribution in [-0.2, 0) is 0 Å². The van der Waals surface area contributed by atoms with Gasteiger partial charge in [0.05, 0.1) is 12.1 Å². The van der Waals surface area contributed by atoms with Gasteiger partial charge in [-0.2, -0.15) is 0 Å². The molecular weight excluding hydrogens is 270 g/mol. The molecule has 0 radical (unpaired) electrons. The van der Waals surface area contributed by atoms with Crippen molar-refractivity contribution in [2.45, 2.75) is 19.9 Å². The number of fused-ring (bicyclic) bond motifs is 1. The molecule has 0 spiro atoms. The van der Waals surface area contributed by atoms with E-state index in [1.165, 1.54) is 11.3 Å². The predicted molar refractivity (Wildman–Crippen MR) is 76.0 cm³/mol. The third-order valence-corrected chi connectivity index (χ3v) is 4.13. The lowest BCUT2D eigenvalue weighted by Crippen LogP contribution is -2.29. The Bertz CT molecular complexity index is 592. The van der Waals surface area contributed by atoms with Gasteiger partial charge in [0.15, 0.2) is 0 Å². The molecule has 1 heterocycles. The number of thiophene rings is 1. The van der Waals surface area contributed by atoms with Crippen molar-refractivity contribution < 1.29 is 9.53 Å². The minimum absolute atomic E-state index is 0.0910. The summed E-state index contributed by atoms with van der Waals surface area (Å²) in [6.07, 6.45) is 0. The lowest BCUT2D eigenvalue weighted by atomic mass is 10.2. The molecule has 1 aromatic carbocycles. The van der Waals surface area contributed by atoms with E-state index in [-0.39, 0.29) is 11.9 Å². The summed E-state index contributed by atoms with van der Waals surface area (Å²) in [5.41, 5.74) is 0. The highest BCUT2D eigenvalue weighted by atomic mass is 35.5. The van der Waals surface area contributed by atoms with E-state index in [1.54, 1.807) is 7.11 Å². The molecule has 1 amide bonds. The zero-order chi connectivity index (χ0) is 13.3. The predicted octanol–water partition coefficient (Wildman–Crippen LogP) is 3.70. The van der Waals surface area contributed by atoms with Gasteiger partial charge in [0, 0.05) is 16.1 Å². The number of ether oxygens (including phenoxy) is 1. The second-order valence-electron chi connectivity index (χ2n) is 4.24. The normalized spacial score (nSPS) is 10.9. The van der Waals surface area contributed by atoms with Crippen molar-refractivity contribution in [3.63, 3.8) is 0 Å². The number of methoxy groups -OCH3 is 1. The van der Waals surface area contributed by atoms with Crippen molar-refractivity contribution >= 4 is 38.9 Å². The van der Waals surface area contributed by atoms with Crippen molar-refractivity contribution in [1.29, 1.82) is 0 Å². The highest BCUT2D eigenvalue weighted by molar-refractivity contribution is 7.21. The number of halogens is 1. The van der Waals surface area contributed by atoms with Crippen LogP contribution in [0.1, 0.15) is 23.5 Å². The lowest BCUT2D eigenvalue weighted by molar-refractivity contribution is 0.0947. The molecule has 96 valence electrons. The first-order valence-electron chi connectivity index (χ1n) is 5.60. The highest BCUT2D eigenvalue weighted by Crippen LogP contribution is 2.37. The summed E-state index contributed by atoms with van der Waals surface area (Å²) < 4.78 is 6.14. The van der Waals surface area contributed by atoms with Gasteiger partial charge < -0.3 is 10.1 Å². The van der Waals surface area contributed by atoms with E-state index in [9.17, 15) is 4.79 Å². The molecular formula is C13H14ClNO2S. The van der Waals surface area contributed by atoms with Gasteiger partial charge in [-0.25, -0.2) is 0 Å². The molecule has 5 heteroatoms. The first-order valence-corrected chi connectivity index (χ1v) is 6.79. The van der Waals surface area contributed by atoms with Crippen molar-refractivity contribution in [2.24, 2.45) is 0 Å². The van der Waals surface area contributed by atoms with Crippen LogP contribution in [-0.4, -0.2) is 19.1 Å². The zero-order valence-electron chi connectivity index (χ0n) is 10.4. The van der Waals surface area contributed by atoms with Crippen LogP contribution < -0.4 is 10.1 Å². The Hall–Kier alpha value is -1.26. The number of hydrogen-bond acceptors (Lipinski definition) is 3. The second kappa shape index (κ2) is 5.16. The van der Waals surface area contributed by atoms with Crippen molar-refractivity contribution in [3.05, 3.63) is 28.1 Å². The monoisotopic (exact) mass is 283 g/mol. The van der Waals surface area contributed by atoms with Gasteiger partial charge in [-0.3, -0.25) is 4.79 Å². The fraction of sp³-hybridized carbons (Fsp3) is 0.308. The maximum Gasteiger partial charge on any atom is 0.263 e. The molecule has 0 aliphatic carbocycles. The van der Waals surface area contributed by atoms with Crippen molar-refractivity contribution in [3.8, 4) is 5.75 Å². The van der Waals surface area contributed by atoms with Crippen LogP contribution in [0.2, 0.25) is 5.02 Å². The molecule has 0 atom stereocenters. The summed E-state index contributed by atoms with van der Waals surface area (Å²) in [4.78, 5) is 12.5. The van der Waals surface area contributed by atoms with Crippen LogP contribution >= 0.6 is 22.9 Å². The average Bonchev–Trinajstić information content (AvgIpc) is 2.65. The first kappa shape index (κ1) is 13.2. The highest BCUT2D eigenvalue weighted by Gasteiger charge is 2.17. The molecule has 1 N–H and O–H groups in total. The van der Waals surface area contributed by atoms with E-state index < -0.39 is 0 Å². The summed E-state index contributed by atoms with van der Waals surface area (Å²) in [7, 11) is 1.60. The summed E-state index contributed by atoms with van der Waals surface area (Å²) in [5.74, 6) is 0.605. The minimum Gasteiger partial charge on any atom is -0.497 e. The Labute approximate surface area is 115 Å². The Balaban J connectivity index is 2.47. The Morgan fingerprint density at radius 3 is 2.78 bits per heavy atom. The lowest BCUT2D eigenvalue weighted by Gasteiger charge is -2.06. The SMILES string of the molecule is COc1ccc2sc(C(=O)NC(C)C)c(Cl)c2c1. The van der Waals surface area contributed by atoms with Crippen LogP contribution in [0.15, 0.2) is 18.2 Å². The van der Waals surface area contributed by atoms with Crippen LogP contribution in [0.4, 0.5) is 0 Å². The number of carbonyl (C=O) groups excluding carboxylic acids is 1. The number of amides is 1. The van der Waals surface area contributed by atoms with Gasteiger partial charge in [-0.05, 0) is 32.0 Å². The summed E-state index contributed by atoms with van der Waals surface area (Å²) in [6.45, 7) is 3.84. The molecule has 0 aliphatic rings. The molecule has 0 fully saturated rings. The van der Waals surface area contributed by atoms with E-state index in [0.717, 1.165) is 15.8 Å². The van der Waals surface area contributed by atoms with Gasteiger partial charge in [0.25, 0.3) is 5.91 Å². The van der Waals surface area contributed by atoms with Gasteiger partial charge in [-0.15, -0.1) is 11.3 Å². The largest absolute Gasteiger partial charge is 0.497 e. The fourth-order valence-corrected chi connectivity index (χ4v) is 3.04. The van der Waals surface area contributed by atoms with Crippen LogP contribution in [0, 0.1) is 0 Å². The van der Waals surface area contributed by atoms with E-state index in [4.69, 9.17) is 16.3 Å². The second-order valence-corrected chi connectivity index (χ2v) is 5.67. The molecule has 0 saturated heterocycles. The maximum absolute atomic E-state index is 12.0. The summed E-state index contributed by atoms with van der Waals surface area (Å²) in [6, 6.07) is 5.71. The van der Waals surface area contributed by atoms with Crippen molar-refractivity contribution in [1.82, 2.24) is 5.32 Å². The first-order chi connectivity index (χ1) is 8.52. The zero-order valence-corrected chi connectivity index (χ0v) is 12.0. The Morgan fingerprint density at radius 2 is 2.17 bits per heavy atom. The third kappa shape index (κ3) is 2.44. The molecule has 3 nitrogen and oxygen atoms in total. The van der Waals surface area contributed by atoms with Gasteiger partial charge in [0.1, 0.15) is 10.6 Å². The van der Waals surface area contributed by atoms with E-state index in [2.05, 4.69) is 5.32 Å². The van der Waals surface area contributed by atoms with Crippen molar-refractivity contribution in [2.75, 3.05) is 7.11 Å². The minimum atomic E-state index is -0.129. The Kier molecular flexibility index (Phi) is 3.78. The number of hydrogen-bond donors (Lipinski definition) is 1. The fourth-order valence-electron chi connectivity index (χ4n) is 1.65. The molecule has 1 aromatic heterocycles. The van der Waals surface area contributed by atoms with Crippen LogP contribution in [0.25, 0.3) is 10.1 Å². The standard InChI is InChI=1S/C13H14ClNO2S/c1-7(2)15-13(16)12-11(14)9-6-8(17-3)4-5-10(9)18-12/h4-7H,1-3H3,(H,15,16). The van der Waals surface area contributed by atoms with Crippen LogP contribution in [0.5, 0.6) is 5.75 Å². The molecule has 0 saturated carbocycles. The smallest absolute Gasteiger partial charge is 0.263 e. The number of carbonyl (C=O) groups is 1. The molecule has 0 unspecified atom stereocenters. The molecule has 0 bridgehead atoms. The van der Waals surface area contributed by atoms with Gasteiger partial charge in [-0.1, -0.05) is 11.6 Å².